The molecule has 4 atom stereocenters. The van der Waals surface area contributed by atoms with Crippen LogP contribution in [0.5, 0.6) is 0 Å². The highest BCUT2D eigenvalue weighted by atomic mass is 16.3. The van der Waals surface area contributed by atoms with Gasteiger partial charge in [-0.25, -0.2) is 0 Å². The van der Waals surface area contributed by atoms with Crippen molar-refractivity contribution in [3.05, 3.63) is 36.5 Å². The zero-order chi connectivity index (χ0) is 27.6. The third-order valence-corrected chi connectivity index (χ3v) is 6.65. The summed E-state index contributed by atoms with van der Waals surface area (Å²) in [7, 11) is 0. The Morgan fingerprint density at radius 3 is 1.76 bits per heavy atom. The molecule has 0 rings (SSSR count). The molecule has 0 saturated carbocycles. The fourth-order valence-corrected chi connectivity index (χ4v) is 4.20. The van der Waals surface area contributed by atoms with Gasteiger partial charge in [0.1, 0.15) is 12.2 Å². The standard InChI is InChI=1S/C31H57NO5/c1-3-5-7-9-11-13-14-15-17-18-20-22-24-28(34)30(36)27(26-33)32-31(37)29(35)25-23-21-19-16-12-10-8-6-4-2/h3,5,11,13,17-18,27-30,33-36H,4,6-10,12,14-16,19-26H2,1-2H3,(H,32,37)/b5-3+,13-11+,18-17+. The average molecular weight is 524 g/mol. The van der Waals surface area contributed by atoms with Gasteiger partial charge in [0.15, 0.2) is 0 Å². The molecular weight excluding hydrogens is 466 g/mol. The molecule has 0 aliphatic rings. The van der Waals surface area contributed by atoms with Crippen LogP contribution in [0.4, 0.5) is 0 Å². The van der Waals surface area contributed by atoms with Crippen LogP contribution in [0.25, 0.3) is 0 Å². The normalized spacial score (nSPS) is 15.5. The second-order valence-corrected chi connectivity index (χ2v) is 10.1. The van der Waals surface area contributed by atoms with E-state index in [4.69, 9.17) is 0 Å². The lowest BCUT2D eigenvalue weighted by Gasteiger charge is -2.27. The number of rotatable bonds is 25. The first-order valence-electron chi connectivity index (χ1n) is 14.8. The minimum atomic E-state index is -1.29. The summed E-state index contributed by atoms with van der Waals surface area (Å²) in [5.41, 5.74) is 0. The predicted octanol–water partition coefficient (Wildman–Crippen LogP) is 5.89. The molecule has 0 saturated heterocycles. The van der Waals surface area contributed by atoms with E-state index in [1.54, 1.807) is 0 Å². The number of carbonyl (C=O) groups is 1. The van der Waals surface area contributed by atoms with Crippen LogP contribution < -0.4 is 5.32 Å². The lowest BCUT2D eigenvalue weighted by atomic mass is 10.00. The van der Waals surface area contributed by atoms with Crippen LogP contribution in [-0.4, -0.2) is 57.3 Å². The average Bonchev–Trinajstić information content (AvgIpc) is 2.90. The summed E-state index contributed by atoms with van der Waals surface area (Å²) < 4.78 is 0. The molecule has 0 aromatic rings. The van der Waals surface area contributed by atoms with Gasteiger partial charge in [-0.05, 0) is 58.3 Å². The van der Waals surface area contributed by atoms with Crippen molar-refractivity contribution in [3.63, 3.8) is 0 Å². The summed E-state index contributed by atoms with van der Waals surface area (Å²) in [6.45, 7) is 3.74. The summed E-state index contributed by atoms with van der Waals surface area (Å²) in [6, 6.07) is -1.00. The molecule has 4 unspecified atom stereocenters. The molecule has 0 heterocycles. The highest BCUT2D eigenvalue weighted by Gasteiger charge is 2.28. The molecule has 0 aromatic carbocycles. The number of aliphatic hydroxyl groups is 4. The largest absolute Gasteiger partial charge is 0.394 e. The Balaban J connectivity index is 4.03. The molecule has 0 bridgehead atoms. The van der Waals surface area contributed by atoms with Gasteiger partial charge in [-0.15, -0.1) is 0 Å². The zero-order valence-electron chi connectivity index (χ0n) is 23.7. The van der Waals surface area contributed by atoms with Crippen molar-refractivity contribution in [2.45, 2.75) is 147 Å². The first kappa shape index (κ1) is 35.5. The number of amides is 1. The molecule has 0 radical (unpaired) electrons. The second-order valence-electron chi connectivity index (χ2n) is 10.1. The van der Waals surface area contributed by atoms with Crippen LogP contribution in [0.2, 0.25) is 0 Å². The van der Waals surface area contributed by atoms with E-state index in [-0.39, 0.29) is 0 Å². The molecular formula is C31H57NO5. The van der Waals surface area contributed by atoms with Gasteiger partial charge in [0.25, 0.3) is 0 Å². The van der Waals surface area contributed by atoms with Gasteiger partial charge in [0.2, 0.25) is 5.91 Å². The van der Waals surface area contributed by atoms with Crippen LogP contribution in [0.15, 0.2) is 36.5 Å². The summed E-state index contributed by atoms with van der Waals surface area (Å²) >= 11 is 0. The quantitative estimate of drug-likeness (QED) is 0.0757. The monoisotopic (exact) mass is 523 g/mol. The van der Waals surface area contributed by atoms with Gasteiger partial charge in [0.05, 0.1) is 18.8 Å². The minimum Gasteiger partial charge on any atom is -0.394 e. The third-order valence-electron chi connectivity index (χ3n) is 6.65. The maximum absolute atomic E-state index is 12.3. The van der Waals surface area contributed by atoms with Crippen molar-refractivity contribution < 1.29 is 25.2 Å². The SMILES string of the molecule is C/C=C/CC/C=C/CC/C=C/CCCC(O)C(O)C(CO)NC(=O)C(O)CCCCCCCCCCC. The molecule has 0 aromatic heterocycles. The summed E-state index contributed by atoms with van der Waals surface area (Å²) in [6.07, 6.45) is 26.1. The van der Waals surface area contributed by atoms with E-state index in [2.05, 4.69) is 48.7 Å². The molecule has 0 spiro atoms. The Morgan fingerprint density at radius 2 is 1.22 bits per heavy atom. The Labute approximate surface area is 227 Å². The van der Waals surface area contributed by atoms with Crippen LogP contribution in [0.1, 0.15) is 123 Å². The Morgan fingerprint density at radius 1 is 0.703 bits per heavy atom. The van der Waals surface area contributed by atoms with E-state index in [0.29, 0.717) is 19.3 Å². The maximum Gasteiger partial charge on any atom is 0.249 e. The van der Waals surface area contributed by atoms with Crippen LogP contribution >= 0.6 is 0 Å². The molecule has 0 fully saturated rings. The van der Waals surface area contributed by atoms with Gasteiger partial charge in [-0.2, -0.15) is 0 Å². The smallest absolute Gasteiger partial charge is 0.249 e. The van der Waals surface area contributed by atoms with E-state index in [0.717, 1.165) is 51.4 Å². The van der Waals surface area contributed by atoms with Crippen LogP contribution in [0.3, 0.4) is 0 Å². The van der Waals surface area contributed by atoms with Gasteiger partial charge in [0, 0.05) is 0 Å². The van der Waals surface area contributed by atoms with Gasteiger partial charge in [-0.1, -0.05) is 101 Å². The highest BCUT2D eigenvalue weighted by molar-refractivity contribution is 5.80. The van der Waals surface area contributed by atoms with E-state index in [9.17, 15) is 25.2 Å². The topological polar surface area (TPSA) is 110 Å². The van der Waals surface area contributed by atoms with E-state index in [1.165, 1.54) is 38.5 Å². The number of unbranched alkanes of at least 4 members (excludes halogenated alkanes) is 11. The first-order valence-corrected chi connectivity index (χ1v) is 14.8. The van der Waals surface area contributed by atoms with Crippen molar-refractivity contribution >= 4 is 5.91 Å². The molecule has 1 amide bonds. The summed E-state index contributed by atoms with van der Waals surface area (Å²) in [5.74, 6) is -0.608. The molecule has 6 heteroatoms. The zero-order valence-corrected chi connectivity index (χ0v) is 23.7. The van der Waals surface area contributed by atoms with Crippen molar-refractivity contribution in [1.29, 1.82) is 0 Å². The molecule has 37 heavy (non-hydrogen) atoms. The molecule has 216 valence electrons. The fraction of sp³-hybridized carbons (Fsp3) is 0.774. The van der Waals surface area contributed by atoms with Crippen molar-refractivity contribution in [2.75, 3.05) is 6.61 Å². The Bertz CT molecular complexity index is 604. The van der Waals surface area contributed by atoms with E-state index < -0.39 is 36.9 Å². The molecule has 0 aliphatic carbocycles. The predicted molar refractivity (Wildman–Crippen MR) is 154 cm³/mol. The summed E-state index contributed by atoms with van der Waals surface area (Å²) in [4.78, 5) is 12.3. The van der Waals surface area contributed by atoms with Crippen molar-refractivity contribution in [3.8, 4) is 0 Å². The number of nitrogens with one attached hydrogen (secondary N) is 1. The number of aliphatic hydroxyl groups excluding tert-OH is 4. The number of hydrogen-bond acceptors (Lipinski definition) is 5. The molecule has 6 nitrogen and oxygen atoms in total. The number of hydrogen-bond donors (Lipinski definition) is 5. The lowest BCUT2D eigenvalue weighted by molar-refractivity contribution is -0.132. The van der Waals surface area contributed by atoms with Gasteiger partial charge >= 0.3 is 0 Å². The maximum atomic E-state index is 12.3. The van der Waals surface area contributed by atoms with Gasteiger partial charge < -0.3 is 25.7 Å². The van der Waals surface area contributed by atoms with Crippen LogP contribution in [0, 0.1) is 0 Å². The molecule has 0 aliphatic heterocycles. The van der Waals surface area contributed by atoms with Crippen LogP contribution in [-0.2, 0) is 4.79 Å². The van der Waals surface area contributed by atoms with Crippen molar-refractivity contribution in [2.24, 2.45) is 0 Å². The first-order chi connectivity index (χ1) is 18.0. The Kier molecular flexibility index (Phi) is 25.1. The van der Waals surface area contributed by atoms with Crippen molar-refractivity contribution in [1.82, 2.24) is 5.32 Å². The molecule has 5 N–H and O–H groups in total. The number of allylic oxidation sites excluding steroid dienone is 6. The van der Waals surface area contributed by atoms with Gasteiger partial charge in [-0.3, -0.25) is 4.79 Å². The minimum absolute atomic E-state index is 0.358. The highest BCUT2D eigenvalue weighted by Crippen LogP contribution is 2.13. The van der Waals surface area contributed by atoms with E-state index in [1.807, 2.05) is 6.92 Å². The third kappa shape index (κ3) is 21.2. The lowest BCUT2D eigenvalue weighted by Crippen LogP contribution is -2.53. The van der Waals surface area contributed by atoms with E-state index >= 15 is 0 Å². The second kappa shape index (κ2) is 26.1. The fourth-order valence-electron chi connectivity index (χ4n) is 4.20. The number of carbonyl (C=O) groups excluding carboxylic acids is 1. The summed E-state index contributed by atoms with van der Waals surface area (Å²) in [5, 5.41) is 43.0. The Hall–Kier alpha value is -1.47.